The number of β-lactam (4-membered cyclic amide) rings is 1. The summed E-state index contributed by atoms with van der Waals surface area (Å²) in [6.45, 7) is 5.27. The summed E-state index contributed by atoms with van der Waals surface area (Å²) in [6.07, 6.45) is 1.42. The van der Waals surface area contributed by atoms with Crippen molar-refractivity contribution in [1.29, 1.82) is 0 Å². The van der Waals surface area contributed by atoms with Gasteiger partial charge in [0.1, 0.15) is 5.70 Å². The third-order valence-corrected chi connectivity index (χ3v) is 4.48. The van der Waals surface area contributed by atoms with Crippen LogP contribution in [0.1, 0.15) is 33.6 Å². The number of ether oxygens (including phenoxy) is 1. The minimum absolute atomic E-state index is 0.0439. The van der Waals surface area contributed by atoms with Crippen LogP contribution in [-0.4, -0.2) is 39.7 Å². The summed E-state index contributed by atoms with van der Waals surface area (Å²) in [5, 5.41) is 0.0853. The van der Waals surface area contributed by atoms with Gasteiger partial charge in [0.05, 0.1) is 17.9 Å². The average molecular weight is 315 g/mol. The number of hydrogen-bond donors (Lipinski definition) is 0. The largest absolute Gasteiger partial charge is 0.550 e. The SMILES string of the molecule is CCC1C=C(C(=O)OOC(=O)OC(C)C)N2C(=O)C[C@H]2S1. The molecule has 0 saturated carbocycles. The lowest BCUT2D eigenvalue weighted by Crippen LogP contribution is -2.54. The normalized spacial score (nSPS) is 23.9. The molecule has 0 aromatic rings. The number of nitrogens with zero attached hydrogens (tertiary/aromatic N) is 1. The van der Waals surface area contributed by atoms with Gasteiger partial charge in [-0.3, -0.25) is 9.69 Å². The maximum atomic E-state index is 12.0. The smallest absolute Gasteiger partial charge is 0.429 e. The van der Waals surface area contributed by atoms with E-state index in [0.717, 1.165) is 6.42 Å². The van der Waals surface area contributed by atoms with Gasteiger partial charge in [0.15, 0.2) is 0 Å². The Labute approximate surface area is 126 Å². The predicted molar refractivity (Wildman–Crippen MR) is 73.8 cm³/mol. The molecule has 2 rings (SSSR count). The molecular formula is C13H17NO6S. The van der Waals surface area contributed by atoms with Gasteiger partial charge in [0.25, 0.3) is 0 Å². The highest BCUT2D eigenvalue weighted by molar-refractivity contribution is 8.00. The lowest BCUT2D eigenvalue weighted by atomic mass is 10.1. The first-order valence-electron chi connectivity index (χ1n) is 6.71. The van der Waals surface area contributed by atoms with Gasteiger partial charge in [-0.05, 0) is 26.3 Å². The van der Waals surface area contributed by atoms with Crippen molar-refractivity contribution in [2.45, 2.75) is 50.3 Å². The molecule has 0 aliphatic carbocycles. The van der Waals surface area contributed by atoms with Crippen LogP contribution in [0.2, 0.25) is 0 Å². The lowest BCUT2D eigenvalue weighted by molar-refractivity contribution is -0.242. The van der Waals surface area contributed by atoms with Crippen molar-refractivity contribution in [3.63, 3.8) is 0 Å². The molecule has 21 heavy (non-hydrogen) atoms. The molecule has 1 fully saturated rings. The van der Waals surface area contributed by atoms with E-state index >= 15 is 0 Å². The summed E-state index contributed by atoms with van der Waals surface area (Å²) in [6, 6.07) is 0. The molecule has 1 unspecified atom stereocenters. The maximum absolute atomic E-state index is 12.0. The second-order valence-corrected chi connectivity index (χ2v) is 6.35. The minimum atomic E-state index is -1.09. The van der Waals surface area contributed by atoms with Crippen LogP contribution in [0.5, 0.6) is 0 Å². The standard InChI is InChI=1S/C13H17NO6S/c1-4-8-5-9(14-10(15)6-11(14)21-8)12(16)19-20-13(17)18-7(2)3/h5,7-8,11H,4,6H2,1-3H3/t8?,11-/m1/s1. The zero-order valence-electron chi connectivity index (χ0n) is 12.0. The Morgan fingerprint density at radius 1 is 1.43 bits per heavy atom. The summed E-state index contributed by atoms with van der Waals surface area (Å²) < 4.78 is 4.67. The molecule has 8 heteroatoms. The van der Waals surface area contributed by atoms with Crippen molar-refractivity contribution in [1.82, 2.24) is 4.90 Å². The second-order valence-electron chi connectivity index (χ2n) is 4.93. The highest BCUT2D eigenvalue weighted by atomic mass is 32.2. The van der Waals surface area contributed by atoms with E-state index in [0.29, 0.717) is 6.42 Å². The molecule has 0 bridgehead atoms. The summed E-state index contributed by atoms with van der Waals surface area (Å²) >= 11 is 1.63. The quantitative estimate of drug-likeness (QED) is 0.341. The molecule has 1 saturated heterocycles. The van der Waals surface area contributed by atoms with Crippen LogP contribution in [0.15, 0.2) is 11.8 Å². The van der Waals surface area contributed by atoms with Crippen LogP contribution in [0.25, 0.3) is 0 Å². The first-order valence-corrected chi connectivity index (χ1v) is 7.65. The van der Waals surface area contributed by atoms with Crippen molar-refractivity contribution in [3.05, 3.63) is 11.8 Å². The van der Waals surface area contributed by atoms with E-state index in [9.17, 15) is 14.4 Å². The summed E-state index contributed by atoms with van der Waals surface area (Å²) in [4.78, 5) is 44.8. The molecule has 0 aromatic heterocycles. The fraction of sp³-hybridized carbons (Fsp3) is 0.615. The molecule has 2 aliphatic heterocycles. The van der Waals surface area contributed by atoms with E-state index in [1.165, 1.54) is 4.90 Å². The van der Waals surface area contributed by atoms with Crippen molar-refractivity contribution in [2.24, 2.45) is 0 Å². The van der Waals surface area contributed by atoms with Gasteiger partial charge in [0.2, 0.25) is 5.91 Å². The molecule has 7 nitrogen and oxygen atoms in total. The van der Waals surface area contributed by atoms with Gasteiger partial charge in [-0.15, -0.1) is 11.8 Å². The molecule has 0 N–H and O–H groups in total. The van der Waals surface area contributed by atoms with Crippen molar-refractivity contribution >= 4 is 29.8 Å². The molecular weight excluding hydrogens is 298 g/mol. The number of hydrogen-bond acceptors (Lipinski definition) is 7. The fourth-order valence-corrected chi connectivity index (χ4v) is 3.39. The molecule has 2 heterocycles. The van der Waals surface area contributed by atoms with Crippen LogP contribution in [0.4, 0.5) is 4.79 Å². The van der Waals surface area contributed by atoms with E-state index in [-0.39, 0.29) is 28.3 Å². The Morgan fingerprint density at radius 2 is 2.14 bits per heavy atom. The van der Waals surface area contributed by atoms with Crippen molar-refractivity contribution < 1.29 is 28.9 Å². The lowest BCUT2D eigenvalue weighted by Gasteiger charge is -2.44. The molecule has 0 radical (unpaired) electrons. The first-order chi connectivity index (χ1) is 9.92. The zero-order chi connectivity index (χ0) is 15.6. The Morgan fingerprint density at radius 3 is 2.71 bits per heavy atom. The minimum Gasteiger partial charge on any atom is -0.429 e. The Bertz CT molecular complexity index is 489. The fourth-order valence-electron chi connectivity index (χ4n) is 1.99. The molecule has 1 amide bonds. The van der Waals surface area contributed by atoms with E-state index in [4.69, 9.17) is 0 Å². The third kappa shape index (κ3) is 3.49. The van der Waals surface area contributed by atoms with Gasteiger partial charge in [-0.2, -0.15) is 4.79 Å². The van der Waals surface area contributed by atoms with Gasteiger partial charge < -0.3 is 4.74 Å². The Kier molecular flexibility index (Phi) is 4.76. The molecule has 0 spiro atoms. The average Bonchev–Trinajstić information content (AvgIpc) is 2.41. The van der Waals surface area contributed by atoms with E-state index < -0.39 is 12.1 Å². The number of carbonyl (C=O) groups excluding carboxylic acids is 3. The molecule has 116 valence electrons. The highest BCUT2D eigenvalue weighted by Gasteiger charge is 2.45. The van der Waals surface area contributed by atoms with Crippen LogP contribution in [0.3, 0.4) is 0 Å². The highest BCUT2D eigenvalue weighted by Crippen LogP contribution is 2.41. The first kappa shape index (κ1) is 15.7. The van der Waals surface area contributed by atoms with Crippen LogP contribution in [0, 0.1) is 0 Å². The van der Waals surface area contributed by atoms with Crippen LogP contribution >= 0.6 is 11.8 Å². The zero-order valence-corrected chi connectivity index (χ0v) is 12.8. The van der Waals surface area contributed by atoms with E-state index in [2.05, 4.69) is 14.5 Å². The molecule has 0 aromatic carbocycles. The number of carbonyl (C=O) groups is 3. The van der Waals surface area contributed by atoms with Gasteiger partial charge in [-0.25, -0.2) is 14.6 Å². The molecule has 2 aliphatic rings. The Hall–Kier alpha value is -1.70. The third-order valence-electron chi connectivity index (χ3n) is 2.97. The van der Waals surface area contributed by atoms with Gasteiger partial charge >= 0.3 is 12.1 Å². The Balaban J connectivity index is 1.98. The second kappa shape index (κ2) is 6.38. The van der Waals surface area contributed by atoms with Gasteiger partial charge in [-0.1, -0.05) is 6.92 Å². The summed E-state index contributed by atoms with van der Waals surface area (Å²) in [5.74, 6) is -1.01. The van der Waals surface area contributed by atoms with Crippen molar-refractivity contribution in [3.8, 4) is 0 Å². The van der Waals surface area contributed by atoms with E-state index in [1.807, 2.05) is 6.92 Å². The maximum Gasteiger partial charge on any atom is 0.550 e. The van der Waals surface area contributed by atoms with Crippen LogP contribution in [-0.2, 0) is 24.1 Å². The molecule has 2 atom stereocenters. The number of fused-ring (bicyclic) bond motifs is 1. The van der Waals surface area contributed by atoms with Gasteiger partial charge in [0, 0.05) is 5.25 Å². The predicted octanol–water partition coefficient (Wildman–Crippen LogP) is 1.97. The summed E-state index contributed by atoms with van der Waals surface area (Å²) in [5.41, 5.74) is 0.124. The number of rotatable bonds is 3. The van der Waals surface area contributed by atoms with Crippen LogP contribution < -0.4 is 0 Å². The topological polar surface area (TPSA) is 82.1 Å². The van der Waals surface area contributed by atoms with E-state index in [1.54, 1.807) is 31.7 Å². The summed E-state index contributed by atoms with van der Waals surface area (Å²) in [7, 11) is 0. The number of thioether (sulfide) groups is 1. The monoisotopic (exact) mass is 315 g/mol. The van der Waals surface area contributed by atoms with Crippen molar-refractivity contribution in [2.75, 3.05) is 0 Å². The number of amides is 1.